The van der Waals surface area contributed by atoms with Crippen LogP contribution in [-0.4, -0.2) is 29.7 Å². The number of hydrogen-bond donors (Lipinski definition) is 2. The Morgan fingerprint density at radius 1 is 1.48 bits per heavy atom. The highest BCUT2D eigenvalue weighted by Crippen LogP contribution is 2.20. The lowest BCUT2D eigenvalue weighted by atomic mass is 10.2. The van der Waals surface area contributed by atoms with Crippen LogP contribution in [0.2, 0.25) is 5.02 Å². The van der Waals surface area contributed by atoms with Gasteiger partial charge in [0.2, 0.25) is 10.0 Å². The van der Waals surface area contributed by atoms with E-state index in [1.54, 1.807) is 23.1 Å². The first-order chi connectivity index (χ1) is 9.90. The van der Waals surface area contributed by atoms with Gasteiger partial charge >= 0.3 is 0 Å². The smallest absolute Gasteiger partial charge is 0.240 e. The molecule has 1 aromatic carbocycles. The van der Waals surface area contributed by atoms with E-state index in [-0.39, 0.29) is 21.5 Å². The lowest BCUT2D eigenvalue weighted by Gasteiger charge is -2.09. The second-order valence-electron chi connectivity index (χ2n) is 4.17. The summed E-state index contributed by atoms with van der Waals surface area (Å²) in [6, 6.07) is 6.00. The van der Waals surface area contributed by atoms with Gasteiger partial charge in [0, 0.05) is 24.5 Å². The Hall–Kier alpha value is -1.48. The maximum atomic E-state index is 12.1. The van der Waals surface area contributed by atoms with E-state index in [0.717, 1.165) is 0 Å². The van der Waals surface area contributed by atoms with Gasteiger partial charge in [0.15, 0.2) is 0 Å². The molecule has 0 aliphatic rings. The molecule has 1 aromatic heterocycles. The monoisotopic (exact) mass is 344 g/mol. The highest BCUT2D eigenvalue weighted by atomic mass is 35.5. The lowest BCUT2D eigenvalue weighted by Crippen LogP contribution is -2.27. The van der Waals surface area contributed by atoms with Crippen molar-refractivity contribution < 1.29 is 8.42 Å². The number of sulfonamides is 1. The third-order valence-electron chi connectivity index (χ3n) is 2.71. The molecule has 9 heteroatoms. The third kappa shape index (κ3) is 4.01. The third-order valence-corrected chi connectivity index (χ3v) is 4.70. The van der Waals surface area contributed by atoms with Crippen molar-refractivity contribution in [3.05, 3.63) is 47.2 Å². The molecule has 1 heterocycles. The summed E-state index contributed by atoms with van der Waals surface area (Å²) in [4.78, 5) is 0.184. The molecule has 0 amide bonds. The Morgan fingerprint density at radius 2 is 2.24 bits per heavy atom. The van der Waals surface area contributed by atoms with Crippen molar-refractivity contribution in [3.63, 3.8) is 0 Å². The number of nitrogens with two attached hydrogens (primary N) is 1. The van der Waals surface area contributed by atoms with E-state index in [2.05, 4.69) is 9.82 Å². The van der Waals surface area contributed by atoms with Gasteiger partial charge in [0.1, 0.15) is 4.99 Å². The van der Waals surface area contributed by atoms with Gasteiger partial charge in [0.25, 0.3) is 0 Å². The van der Waals surface area contributed by atoms with E-state index in [9.17, 15) is 8.42 Å². The molecule has 2 rings (SSSR count). The zero-order chi connectivity index (χ0) is 15.5. The predicted molar refractivity (Wildman–Crippen MR) is 84.8 cm³/mol. The van der Waals surface area contributed by atoms with Crippen LogP contribution in [0, 0.1) is 0 Å². The largest absolute Gasteiger partial charge is 0.389 e. The molecule has 3 N–H and O–H groups in total. The van der Waals surface area contributed by atoms with Crippen LogP contribution in [0.3, 0.4) is 0 Å². The number of hydrogen-bond acceptors (Lipinski definition) is 4. The Bertz CT molecular complexity index is 745. The number of benzene rings is 1. The van der Waals surface area contributed by atoms with E-state index in [0.29, 0.717) is 12.1 Å². The highest BCUT2D eigenvalue weighted by molar-refractivity contribution is 7.89. The molecule has 0 aliphatic carbocycles. The molecular formula is C12H13ClN4O2S2. The van der Waals surface area contributed by atoms with Crippen molar-refractivity contribution in [2.45, 2.75) is 11.4 Å². The summed E-state index contributed by atoms with van der Waals surface area (Å²) in [5.74, 6) is 0. The van der Waals surface area contributed by atoms with Crippen LogP contribution in [0.4, 0.5) is 0 Å². The molecule has 112 valence electrons. The number of halogens is 1. The minimum Gasteiger partial charge on any atom is -0.389 e. The van der Waals surface area contributed by atoms with Gasteiger partial charge in [-0.05, 0) is 24.3 Å². The van der Waals surface area contributed by atoms with Crippen LogP contribution in [-0.2, 0) is 16.6 Å². The normalized spacial score (nSPS) is 11.5. The van der Waals surface area contributed by atoms with E-state index in [1.807, 2.05) is 0 Å². The van der Waals surface area contributed by atoms with Crippen LogP contribution in [0.25, 0.3) is 0 Å². The Morgan fingerprint density at radius 3 is 2.81 bits per heavy atom. The first-order valence-corrected chi connectivity index (χ1v) is 8.23. The Labute approximate surface area is 133 Å². The summed E-state index contributed by atoms with van der Waals surface area (Å²) in [6.45, 7) is 0.656. The van der Waals surface area contributed by atoms with Crippen molar-refractivity contribution >= 4 is 38.8 Å². The molecule has 0 radical (unpaired) electrons. The topological polar surface area (TPSA) is 90.0 Å². The van der Waals surface area contributed by atoms with E-state index in [4.69, 9.17) is 29.6 Å². The van der Waals surface area contributed by atoms with Gasteiger partial charge in [-0.1, -0.05) is 23.8 Å². The SMILES string of the molecule is NC(=S)c1ccc(S(=O)(=O)NCCn2cccn2)cc1Cl. The summed E-state index contributed by atoms with van der Waals surface area (Å²) >= 11 is 10.8. The number of nitrogens with zero attached hydrogens (tertiary/aromatic N) is 2. The molecule has 0 atom stereocenters. The maximum Gasteiger partial charge on any atom is 0.240 e. The predicted octanol–water partition coefficient (Wildman–Crippen LogP) is 1.15. The van der Waals surface area contributed by atoms with E-state index in [1.165, 1.54) is 18.2 Å². The molecule has 6 nitrogen and oxygen atoms in total. The van der Waals surface area contributed by atoms with Crippen LogP contribution in [0.5, 0.6) is 0 Å². The molecule has 0 saturated carbocycles. The average Bonchev–Trinajstić information content (AvgIpc) is 2.91. The van der Waals surface area contributed by atoms with Crippen molar-refractivity contribution in [2.24, 2.45) is 5.73 Å². The summed E-state index contributed by atoms with van der Waals surface area (Å²) in [5, 5.41) is 4.19. The molecule has 2 aromatic rings. The lowest BCUT2D eigenvalue weighted by molar-refractivity contribution is 0.561. The zero-order valence-corrected chi connectivity index (χ0v) is 13.2. The quantitative estimate of drug-likeness (QED) is 0.767. The molecular weight excluding hydrogens is 332 g/mol. The van der Waals surface area contributed by atoms with Crippen LogP contribution in [0.1, 0.15) is 5.56 Å². The molecule has 0 bridgehead atoms. The second kappa shape index (κ2) is 6.52. The maximum absolute atomic E-state index is 12.1. The van der Waals surface area contributed by atoms with Crippen molar-refractivity contribution in [1.82, 2.24) is 14.5 Å². The van der Waals surface area contributed by atoms with E-state index < -0.39 is 10.0 Å². The molecule has 0 spiro atoms. The van der Waals surface area contributed by atoms with Crippen LogP contribution in [0.15, 0.2) is 41.6 Å². The number of rotatable bonds is 6. The minimum atomic E-state index is -3.64. The second-order valence-corrected chi connectivity index (χ2v) is 6.79. The first kappa shape index (κ1) is 15.9. The minimum absolute atomic E-state index is 0.0629. The summed E-state index contributed by atoms with van der Waals surface area (Å²) in [5.41, 5.74) is 5.93. The molecule has 0 saturated heterocycles. The fraction of sp³-hybridized carbons (Fsp3) is 0.167. The van der Waals surface area contributed by atoms with Gasteiger partial charge in [-0.25, -0.2) is 13.1 Å². The standard InChI is InChI=1S/C12H13ClN4O2S2/c13-11-8-9(2-3-10(11)12(14)20)21(18,19)16-5-7-17-6-1-4-15-17/h1-4,6,8,16H,5,7H2,(H2,14,20). The fourth-order valence-electron chi connectivity index (χ4n) is 1.67. The molecule has 0 fully saturated rings. The van der Waals surface area contributed by atoms with Crippen molar-refractivity contribution in [3.8, 4) is 0 Å². The number of thiocarbonyl (C=S) groups is 1. The fourth-order valence-corrected chi connectivity index (χ4v) is 3.30. The summed E-state index contributed by atoms with van der Waals surface area (Å²) in [6.07, 6.45) is 3.38. The van der Waals surface area contributed by atoms with Gasteiger partial charge < -0.3 is 5.73 Å². The Kier molecular flexibility index (Phi) is 4.94. The van der Waals surface area contributed by atoms with Gasteiger partial charge in [0.05, 0.1) is 16.5 Å². The summed E-state index contributed by atoms with van der Waals surface area (Å²) in [7, 11) is -3.64. The van der Waals surface area contributed by atoms with Crippen LogP contribution < -0.4 is 10.5 Å². The van der Waals surface area contributed by atoms with E-state index >= 15 is 0 Å². The Balaban J connectivity index is 2.08. The number of nitrogens with one attached hydrogen (secondary N) is 1. The van der Waals surface area contributed by atoms with Gasteiger partial charge in [-0.3, -0.25) is 4.68 Å². The average molecular weight is 345 g/mol. The zero-order valence-electron chi connectivity index (χ0n) is 10.9. The van der Waals surface area contributed by atoms with Gasteiger partial charge in [-0.15, -0.1) is 0 Å². The molecule has 21 heavy (non-hydrogen) atoms. The van der Waals surface area contributed by atoms with Crippen molar-refractivity contribution in [2.75, 3.05) is 6.54 Å². The van der Waals surface area contributed by atoms with Gasteiger partial charge in [-0.2, -0.15) is 5.10 Å². The summed E-state index contributed by atoms with van der Waals surface area (Å²) < 4.78 is 28.4. The van der Waals surface area contributed by atoms with Crippen LogP contribution >= 0.6 is 23.8 Å². The molecule has 0 aliphatic heterocycles. The number of aromatic nitrogens is 2. The molecule has 0 unspecified atom stereocenters. The van der Waals surface area contributed by atoms with Crippen molar-refractivity contribution in [1.29, 1.82) is 0 Å². The highest BCUT2D eigenvalue weighted by Gasteiger charge is 2.15. The first-order valence-electron chi connectivity index (χ1n) is 5.96.